The second-order valence-electron chi connectivity index (χ2n) is 22.3. The maximum absolute atomic E-state index is 13.4. The van der Waals surface area contributed by atoms with Gasteiger partial charge in [0.15, 0.2) is 0 Å². The summed E-state index contributed by atoms with van der Waals surface area (Å²) in [6, 6.07) is 41.4. The van der Waals surface area contributed by atoms with Gasteiger partial charge in [-0.25, -0.2) is 9.59 Å². The number of fused-ring (bicyclic) bond motifs is 3. The van der Waals surface area contributed by atoms with E-state index in [2.05, 4.69) is 122 Å². The first kappa shape index (κ1) is 69.5. The Balaban J connectivity index is 0.000000211. The molecule has 17 heteroatoms. The predicted molar refractivity (Wildman–Crippen MR) is 376 cm³/mol. The van der Waals surface area contributed by atoms with Gasteiger partial charge in [-0.05, 0) is 224 Å². The largest absolute Gasteiger partial charge is 0.494 e. The first-order chi connectivity index (χ1) is 40.5. The first-order valence-electron chi connectivity index (χ1n) is 28.3. The molecule has 2 amide bonds. The summed E-state index contributed by atoms with van der Waals surface area (Å²) in [5.74, 6) is 4.07. The van der Waals surface area contributed by atoms with E-state index in [1.807, 2.05) is 177 Å². The van der Waals surface area contributed by atoms with Crippen LogP contribution in [0.4, 0.5) is 26.7 Å². The number of carbonyl (C=O) groups is 2. The number of amides is 2. The molecule has 7 aromatic rings. The number of benzene rings is 7. The molecule has 0 aromatic heterocycles. The van der Waals surface area contributed by atoms with Gasteiger partial charge in [0.25, 0.3) is 0 Å². The molecule has 0 aliphatic carbocycles. The third kappa shape index (κ3) is 18.7. The third-order valence-corrected chi connectivity index (χ3v) is 16.9. The Morgan fingerprint density at radius 2 is 0.908 bits per heavy atom. The molecular weight excluding hydrogens is 1330 g/mol. The van der Waals surface area contributed by atoms with Crippen molar-refractivity contribution in [1.29, 1.82) is 0 Å². The first-order valence-corrected chi connectivity index (χ1v) is 30.7. The average Bonchev–Trinajstić information content (AvgIpc) is 1.16. The van der Waals surface area contributed by atoms with Crippen LogP contribution in [0.2, 0.25) is 0 Å². The molecule has 10 rings (SSSR count). The van der Waals surface area contributed by atoms with Gasteiger partial charge in [-0.1, -0.05) is 103 Å². The highest BCUT2D eigenvalue weighted by Crippen LogP contribution is 2.46. The molecule has 0 fully saturated rings. The normalized spacial score (nSPS) is 13.8. The smallest absolute Gasteiger partial charge is 0.414 e. The van der Waals surface area contributed by atoms with Crippen molar-refractivity contribution >= 4 is 115 Å². The van der Waals surface area contributed by atoms with Gasteiger partial charge in [0.05, 0.1) is 38.9 Å². The molecule has 2 atom stereocenters. The van der Waals surface area contributed by atoms with Crippen molar-refractivity contribution in [1.82, 2.24) is 0 Å². The predicted octanol–water partition coefficient (Wildman–Crippen LogP) is 19.4. The van der Waals surface area contributed by atoms with Crippen LogP contribution >= 0.6 is 67.6 Å². The SMILES string of the molecule is CCOc1ccc(COC(=O)N(Cc2ccccc2)c2cc3c(c(Br)c2C)OC(C)(C)C=C3)cc1.CCOc1ccc(COC(=O)Nc2cc3c(c(Br)c2C)OC(C)(C)C=C3)cc1.Cc1c(NCc2ccccc2)cc2c(c1Br)OC(C)(C)C=C2.P.P. The number of hydrogen-bond acceptors (Lipinski definition) is 10. The average molecular weight is 1410 g/mol. The molecule has 0 bridgehead atoms. The van der Waals surface area contributed by atoms with E-state index in [9.17, 15) is 9.59 Å². The van der Waals surface area contributed by atoms with Gasteiger partial charge in [-0.3, -0.25) is 10.2 Å². The molecule has 3 aliphatic heterocycles. The zero-order valence-electron chi connectivity index (χ0n) is 51.5. The van der Waals surface area contributed by atoms with Crippen LogP contribution in [0.1, 0.15) is 111 Å². The molecule has 7 aromatic carbocycles. The lowest BCUT2D eigenvalue weighted by Gasteiger charge is -2.31. The number of carbonyl (C=O) groups excluding carboxylic acids is 2. The van der Waals surface area contributed by atoms with Crippen LogP contribution in [0.5, 0.6) is 28.7 Å². The third-order valence-electron chi connectivity index (χ3n) is 14.0. The molecule has 460 valence electrons. The standard InChI is InChI=1S/C29H30BrNO4.C22H24BrNO4.C19H20BrNO.2H3P/c1-5-33-24-13-11-22(12-14-24)19-34-28(32)31(18-21-9-7-6-8-10-21)25-17-23-15-16-29(3,4)35-27(23)26(30)20(25)2;1-5-26-17-8-6-15(7-9-17)13-27-21(25)24-18-12-16-10-11-22(3,4)28-20(16)19(23)14(18)2;1-13-16(21-12-14-7-5-4-6-8-14)11-15-9-10-19(2,3)22-18(15)17(13)20;;/h6-17H,5,18-19H2,1-4H3;6-12H,5,13H2,1-4H3,(H,24,25);4-11,21H,12H2,1-3H3;2*1H3. The minimum atomic E-state index is -0.509. The van der Waals surface area contributed by atoms with Crippen LogP contribution in [0.15, 0.2) is 159 Å². The Morgan fingerprint density at radius 1 is 0.506 bits per heavy atom. The molecular formula is C70H80Br3N3O9P2. The number of anilines is 3. The number of nitrogens with zero attached hydrogens (tertiary/aromatic N) is 1. The van der Waals surface area contributed by atoms with Gasteiger partial charge in [0, 0.05) is 34.6 Å². The van der Waals surface area contributed by atoms with Crippen molar-refractivity contribution in [2.24, 2.45) is 0 Å². The monoisotopic (exact) mass is 1410 g/mol. The lowest BCUT2D eigenvalue weighted by molar-refractivity contribution is 0.146. The minimum absolute atomic E-state index is 0. The van der Waals surface area contributed by atoms with Gasteiger partial charge in [-0.2, -0.15) is 19.8 Å². The van der Waals surface area contributed by atoms with Gasteiger partial charge in [-0.15, -0.1) is 0 Å². The summed E-state index contributed by atoms with van der Waals surface area (Å²) >= 11 is 11.0. The highest BCUT2D eigenvalue weighted by Gasteiger charge is 2.30. The summed E-state index contributed by atoms with van der Waals surface area (Å²) in [5.41, 5.74) is 11.5. The Bertz CT molecular complexity index is 3600. The lowest BCUT2D eigenvalue weighted by atomic mass is 9.99. The fourth-order valence-corrected chi connectivity index (χ4v) is 10.8. The van der Waals surface area contributed by atoms with E-state index >= 15 is 0 Å². The fraction of sp³-hybridized carbons (Fsp3) is 0.286. The molecule has 3 aliphatic rings. The van der Waals surface area contributed by atoms with Crippen LogP contribution in [0.3, 0.4) is 0 Å². The van der Waals surface area contributed by atoms with E-state index in [1.165, 1.54) is 11.1 Å². The molecule has 0 spiro atoms. The zero-order valence-corrected chi connectivity index (χ0v) is 59.1. The Hall–Kier alpha value is -6.60. The number of rotatable bonds is 15. The molecule has 2 N–H and O–H groups in total. The fourth-order valence-electron chi connectivity index (χ4n) is 9.28. The summed E-state index contributed by atoms with van der Waals surface area (Å²) in [7, 11) is 0. The Morgan fingerprint density at radius 3 is 1.37 bits per heavy atom. The Kier molecular flexibility index (Phi) is 24.8. The van der Waals surface area contributed by atoms with E-state index in [0.29, 0.717) is 25.4 Å². The van der Waals surface area contributed by atoms with E-state index in [-0.39, 0.29) is 44.2 Å². The van der Waals surface area contributed by atoms with Gasteiger partial charge in [0.1, 0.15) is 58.8 Å². The molecule has 87 heavy (non-hydrogen) atoms. The zero-order chi connectivity index (χ0) is 61.1. The second kappa shape index (κ2) is 31.0. The van der Waals surface area contributed by atoms with Crippen LogP contribution in [-0.4, -0.2) is 42.2 Å². The quantitative estimate of drug-likeness (QED) is 0.0959. The summed E-state index contributed by atoms with van der Waals surface area (Å²) in [6.07, 6.45) is 11.4. The van der Waals surface area contributed by atoms with Crippen molar-refractivity contribution < 1.29 is 42.7 Å². The van der Waals surface area contributed by atoms with Crippen molar-refractivity contribution in [3.05, 3.63) is 215 Å². The molecule has 0 saturated heterocycles. The summed E-state index contributed by atoms with van der Waals surface area (Å²) in [6.45, 7) is 24.8. The molecule has 0 saturated carbocycles. The number of hydrogen-bond donors (Lipinski definition) is 2. The number of halogens is 3. The van der Waals surface area contributed by atoms with E-state index in [4.69, 9.17) is 33.2 Å². The molecule has 12 nitrogen and oxygen atoms in total. The molecule has 3 heterocycles. The van der Waals surface area contributed by atoms with Crippen LogP contribution in [0, 0.1) is 20.8 Å². The van der Waals surface area contributed by atoms with Crippen LogP contribution in [0.25, 0.3) is 18.2 Å². The second-order valence-corrected chi connectivity index (χ2v) is 24.6. The Labute approximate surface area is 545 Å². The minimum Gasteiger partial charge on any atom is -0.494 e. The molecule has 2 unspecified atom stereocenters. The lowest BCUT2D eigenvalue weighted by Crippen LogP contribution is -2.32. The molecule has 0 radical (unpaired) electrons. The van der Waals surface area contributed by atoms with Crippen LogP contribution in [-0.2, 0) is 35.8 Å². The van der Waals surface area contributed by atoms with E-state index in [0.717, 1.165) is 105 Å². The van der Waals surface area contributed by atoms with Crippen molar-refractivity contribution in [3.8, 4) is 28.7 Å². The van der Waals surface area contributed by atoms with Gasteiger partial charge < -0.3 is 38.5 Å². The van der Waals surface area contributed by atoms with Gasteiger partial charge >= 0.3 is 12.2 Å². The van der Waals surface area contributed by atoms with Crippen molar-refractivity contribution in [2.45, 2.75) is 119 Å². The van der Waals surface area contributed by atoms with Crippen LogP contribution < -0.4 is 39.2 Å². The maximum Gasteiger partial charge on any atom is 0.414 e. The number of ether oxygens (including phenoxy) is 7. The highest BCUT2D eigenvalue weighted by atomic mass is 79.9. The maximum atomic E-state index is 13.4. The number of nitrogens with one attached hydrogen (secondary N) is 2. The summed E-state index contributed by atoms with van der Waals surface area (Å²) in [4.78, 5) is 27.4. The van der Waals surface area contributed by atoms with Gasteiger partial charge in [0.2, 0.25) is 0 Å². The van der Waals surface area contributed by atoms with Crippen molar-refractivity contribution in [3.63, 3.8) is 0 Å². The van der Waals surface area contributed by atoms with Crippen molar-refractivity contribution in [2.75, 3.05) is 28.7 Å². The summed E-state index contributed by atoms with van der Waals surface area (Å²) in [5, 5.41) is 6.34. The van der Waals surface area contributed by atoms with E-state index in [1.54, 1.807) is 4.90 Å². The van der Waals surface area contributed by atoms with E-state index < -0.39 is 17.8 Å². The highest BCUT2D eigenvalue weighted by molar-refractivity contribution is 9.11. The topological polar surface area (TPSA) is 126 Å². The summed E-state index contributed by atoms with van der Waals surface area (Å²) < 4.78 is 43.0.